The predicted octanol–water partition coefficient (Wildman–Crippen LogP) is 4.16. The molecule has 30 heavy (non-hydrogen) atoms. The highest BCUT2D eigenvalue weighted by Gasteiger charge is 2.28. The number of nitrogens with two attached hydrogens (primary N) is 1. The van der Waals surface area contributed by atoms with E-state index < -0.39 is 15.9 Å². The Bertz CT molecular complexity index is 1110. The van der Waals surface area contributed by atoms with Crippen LogP contribution in [0.2, 0.25) is 0 Å². The highest BCUT2D eigenvalue weighted by atomic mass is 32.2. The number of anilines is 1. The molecule has 1 aromatic carbocycles. The van der Waals surface area contributed by atoms with Crippen molar-refractivity contribution in [3.63, 3.8) is 0 Å². The molecule has 3 aliphatic carbocycles. The minimum Gasteiger partial charge on any atom is -0.381 e. The molecule has 2 unspecified atom stereocenters. The minimum absolute atomic E-state index is 0.177. The number of nitrogens with zero attached hydrogens (tertiary/aromatic N) is 1. The zero-order valence-electron chi connectivity index (χ0n) is 17.2. The fourth-order valence-electron chi connectivity index (χ4n) is 5.19. The summed E-state index contributed by atoms with van der Waals surface area (Å²) in [6.07, 6.45) is 8.83. The lowest BCUT2D eigenvalue weighted by Crippen LogP contribution is -2.23. The number of benzene rings is 1. The first kappa shape index (κ1) is 20.2. The van der Waals surface area contributed by atoms with Gasteiger partial charge >= 0.3 is 6.03 Å². The second-order valence-electron chi connectivity index (χ2n) is 8.45. The Balaban J connectivity index is 1.45. The van der Waals surface area contributed by atoms with Crippen LogP contribution in [0.3, 0.4) is 0 Å². The van der Waals surface area contributed by atoms with Gasteiger partial charge < -0.3 is 10.1 Å². The zero-order chi connectivity index (χ0) is 20.9. The Kier molecular flexibility index (Phi) is 5.21. The minimum atomic E-state index is -3.29. The quantitative estimate of drug-likeness (QED) is 0.743. The van der Waals surface area contributed by atoms with Gasteiger partial charge in [0.25, 0.3) is 0 Å². The molecule has 0 fully saturated rings. The van der Waals surface area contributed by atoms with E-state index in [0.29, 0.717) is 4.21 Å². The van der Waals surface area contributed by atoms with E-state index in [4.69, 9.17) is 9.88 Å². The molecule has 1 heterocycles. The van der Waals surface area contributed by atoms with E-state index >= 15 is 0 Å². The Labute approximate surface area is 181 Å². The van der Waals surface area contributed by atoms with Crippen LogP contribution in [0.5, 0.6) is 0 Å². The van der Waals surface area contributed by atoms with Gasteiger partial charge in [0.1, 0.15) is 4.21 Å². The molecule has 0 saturated carbocycles. The molecule has 0 aliphatic heterocycles. The summed E-state index contributed by atoms with van der Waals surface area (Å²) >= 11 is 1.34. The van der Waals surface area contributed by atoms with Crippen molar-refractivity contribution in [1.82, 2.24) is 0 Å². The summed E-state index contributed by atoms with van der Waals surface area (Å²) in [4.78, 5) is 12.8. The lowest BCUT2D eigenvalue weighted by molar-refractivity contribution is 0.0910. The molecule has 0 spiro atoms. The second-order valence-corrected chi connectivity index (χ2v) is 11.3. The van der Waals surface area contributed by atoms with Gasteiger partial charge in [0.2, 0.25) is 0 Å². The summed E-state index contributed by atoms with van der Waals surface area (Å²) in [5.74, 6) is 0. The highest BCUT2D eigenvalue weighted by molar-refractivity contribution is 7.93. The van der Waals surface area contributed by atoms with Crippen molar-refractivity contribution in [3.8, 4) is 0 Å². The van der Waals surface area contributed by atoms with Crippen LogP contribution >= 0.6 is 11.3 Å². The van der Waals surface area contributed by atoms with Gasteiger partial charge in [-0.25, -0.2) is 14.1 Å². The monoisotopic (exact) mass is 445 g/mol. The van der Waals surface area contributed by atoms with Gasteiger partial charge in [0, 0.05) is 12.8 Å². The fraction of sp³-hybridized carbons (Fsp3) is 0.500. The lowest BCUT2D eigenvalue weighted by atomic mass is 9.93. The van der Waals surface area contributed by atoms with Crippen molar-refractivity contribution in [2.75, 3.05) is 12.4 Å². The number of aryl methyl sites for hydroxylation is 2. The molecule has 5 rings (SSSR count). The van der Waals surface area contributed by atoms with Gasteiger partial charge in [-0.05, 0) is 96.5 Å². The average Bonchev–Trinajstić information content (AvgIpc) is 3.45. The summed E-state index contributed by atoms with van der Waals surface area (Å²) < 4.78 is 23.2. The third-order valence-electron chi connectivity index (χ3n) is 6.63. The van der Waals surface area contributed by atoms with Crippen molar-refractivity contribution in [3.05, 3.63) is 44.8 Å². The second kappa shape index (κ2) is 7.75. The Morgan fingerprint density at radius 3 is 2.50 bits per heavy atom. The molecule has 1 aromatic heterocycles. The van der Waals surface area contributed by atoms with Crippen molar-refractivity contribution < 1.29 is 13.7 Å². The molecule has 6 nitrogen and oxygen atoms in total. The first-order chi connectivity index (χ1) is 14.5. The van der Waals surface area contributed by atoms with Crippen molar-refractivity contribution in [2.45, 2.75) is 68.1 Å². The molecule has 0 saturated heterocycles. The smallest absolute Gasteiger partial charge is 0.354 e. The van der Waals surface area contributed by atoms with Crippen LogP contribution in [0, 0.1) is 0 Å². The van der Waals surface area contributed by atoms with Crippen molar-refractivity contribution in [2.24, 2.45) is 9.50 Å². The number of methoxy groups -OCH3 is 1. The van der Waals surface area contributed by atoms with Crippen LogP contribution < -0.4 is 10.5 Å². The lowest BCUT2D eigenvalue weighted by Gasteiger charge is -2.21. The maximum Gasteiger partial charge on any atom is 0.354 e. The number of carbonyl (C=O) groups excluding carboxylic acids is 1. The fourth-order valence-corrected chi connectivity index (χ4v) is 7.82. The van der Waals surface area contributed by atoms with Crippen LogP contribution in [0.1, 0.15) is 52.6 Å². The number of rotatable bonds is 3. The van der Waals surface area contributed by atoms with Crippen LogP contribution in [-0.4, -0.2) is 23.5 Å². The number of nitrogens with one attached hydrogen (secondary N) is 1. The van der Waals surface area contributed by atoms with E-state index in [0.717, 1.165) is 74.6 Å². The summed E-state index contributed by atoms with van der Waals surface area (Å²) in [5, 5.41) is 11.1. The Morgan fingerprint density at radius 2 is 1.83 bits per heavy atom. The van der Waals surface area contributed by atoms with Crippen LogP contribution in [0.25, 0.3) is 0 Å². The van der Waals surface area contributed by atoms with Crippen molar-refractivity contribution in [1.29, 1.82) is 0 Å². The summed E-state index contributed by atoms with van der Waals surface area (Å²) in [7, 11) is -1.58. The van der Waals surface area contributed by atoms with E-state index in [1.807, 2.05) is 5.38 Å². The number of urea groups is 1. The van der Waals surface area contributed by atoms with Gasteiger partial charge in [-0.2, -0.15) is 0 Å². The normalized spacial score (nSPS) is 21.5. The van der Waals surface area contributed by atoms with Crippen LogP contribution in [0.15, 0.2) is 20.0 Å². The van der Waals surface area contributed by atoms with E-state index in [1.54, 1.807) is 7.11 Å². The van der Waals surface area contributed by atoms with Crippen LogP contribution in [0.4, 0.5) is 10.5 Å². The third-order valence-corrected chi connectivity index (χ3v) is 9.71. The molecule has 3 aliphatic rings. The molecular formula is C22H27N3O3S2. The number of hydrogen-bond acceptors (Lipinski definition) is 4. The standard InChI is InChI=1S/C22H27N3O3S2/c1-28-16-8-9-19-15(11-16)12-29-21(19)30(23,27)25-22(26)24-20-17-6-2-4-13(17)10-14-5-3-7-18(14)20/h10,12,16H,2-9,11H2,1H3,(H3,23,24,25,26,27). The summed E-state index contributed by atoms with van der Waals surface area (Å²) in [5.41, 5.74) is 8.11. The Hall–Kier alpha value is -1.74. The molecule has 0 radical (unpaired) electrons. The maximum atomic E-state index is 13.3. The first-order valence-corrected chi connectivity index (χ1v) is 13.1. The molecular weight excluding hydrogens is 418 g/mol. The Morgan fingerprint density at radius 1 is 1.13 bits per heavy atom. The summed E-state index contributed by atoms with van der Waals surface area (Å²) in [6.45, 7) is 0. The van der Waals surface area contributed by atoms with Crippen molar-refractivity contribution >= 4 is 33.0 Å². The van der Waals surface area contributed by atoms with E-state index in [-0.39, 0.29) is 6.10 Å². The molecule has 0 bridgehead atoms. The highest BCUT2D eigenvalue weighted by Crippen LogP contribution is 2.39. The van der Waals surface area contributed by atoms with E-state index in [1.165, 1.54) is 33.6 Å². The number of ether oxygens (including phenoxy) is 1. The number of amides is 2. The van der Waals surface area contributed by atoms with E-state index in [2.05, 4.69) is 15.7 Å². The van der Waals surface area contributed by atoms with Gasteiger partial charge in [-0.3, -0.25) is 0 Å². The first-order valence-electron chi connectivity index (χ1n) is 10.6. The SMILES string of the molecule is COC1CCc2c(csc2S(N)(=O)=NC(=O)Nc2c3c(cc4c2CCC4)CCC3)C1. The predicted molar refractivity (Wildman–Crippen MR) is 120 cm³/mol. The van der Waals surface area contributed by atoms with Crippen LogP contribution in [-0.2, 0) is 53.2 Å². The molecule has 2 amide bonds. The maximum absolute atomic E-state index is 13.3. The topological polar surface area (TPSA) is 93.8 Å². The largest absolute Gasteiger partial charge is 0.381 e. The number of thiophene rings is 1. The molecule has 2 aromatic rings. The summed E-state index contributed by atoms with van der Waals surface area (Å²) in [6, 6.07) is 1.71. The molecule has 160 valence electrons. The number of fused-ring (bicyclic) bond motifs is 3. The van der Waals surface area contributed by atoms with Gasteiger partial charge in [0.05, 0.1) is 6.10 Å². The molecule has 8 heteroatoms. The zero-order valence-corrected chi connectivity index (χ0v) is 18.8. The van der Waals surface area contributed by atoms with Gasteiger partial charge in [-0.15, -0.1) is 15.7 Å². The van der Waals surface area contributed by atoms with E-state index in [9.17, 15) is 9.00 Å². The molecule has 3 N–H and O–H groups in total. The third kappa shape index (κ3) is 3.49. The average molecular weight is 446 g/mol. The molecule has 2 atom stereocenters. The van der Waals surface area contributed by atoms with Gasteiger partial charge in [-0.1, -0.05) is 6.07 Å². The number of hydrogen-bond donors (Lipinski definition) is 2. The number of carbonyl (C=O) groups is 1. The van der Waals surface area contributed by atoms with Gasteiger partial charge in [0.15, 0.2) is 9.92 Å².